The van der Waals surface area contributed by atoms with Crippen molar-refractivity contribution in [2.24, 2.45) is 35.3 Å². The Hall–Kier alpha value is -1.36. The van der Waals surface area contributed by atoms with Crippen LogP contribution in [0, 0.1) is 29.6 Å². The van der Waals surface area contributed by atoms with Gasteiger partial charge in [0, 0.05) is 36.2 Å². The zero-order valence-corrected chi connectivity index (χ0v) is 25.9. The number of quaternary nitrogens is 1. The predicted octanol–water partition coefficient (Wildman–Crippen LogP) is 2.36. The molecule has 5 rings (SSSR count). The Morgan fingerprint density at radius 1 is 1.17 bits per heavy atom. The first kappa shape index (κ1) is 32.0. The van der Waals surface area contributed by atoms with Gasteiger partial charge in [-0.3, -0.25) is 10.5 Å². The molecule has 11 atom stereocenters. The average molecular weight is 592 g/mol. The molecule has 0 aromatic heterocycles. The third-order valence-corrected chi connectivity index (χ3v) is 11.4. The number of hydrogen-bond acceptors (Lipinski definition) is 8. The van der Waals surface area contributed by atoms with E-state index in [-0.39, 0.29) is 48.9 Å². The van der Waals surface area contributed by atoms with Gasteiger partial charge in [-0.05, 0) is 58.8 Å². The number of allylic oxidation sites excluding steroid dienone is 1. The summed E-state index contributed by atoms with van der Waals surface area (Å²) in [5.41, 5.74) is 5.93. The first-order valence-corrected chi connectivity index (χ1v) is 16.7. The van der Waals surface area contributed by atoms with E-state index in [1.54, 1.807) is 13.0 Å². The summed E-state index contributed by atoms with van der Waals surface area (Å²) in [4.78, 5) is 26.5. The molecule has 3 saturated heterocycles. The van der Waals surface area contributed by atoms with Crippen molar-refractivity contribution in [3.8, 4) is 0 Å². The molecule has 9 heteroatoms. The average Bonchev–Trinajstić information content (AvgIpc) is 2.99. The molecule has 5 fully saturated rings. The van der Waals surface area contributed by atoms with E-state index in [1.807, 2.05) is 6.92 Å². The topological polar surface area (TPSA) is 145 Å². The molecular weight excluding hydrogens is 536 g/mol. The van der Waals surface area contributed by atoms with Crippen LogP contribution >= 0.6 is 0 Å². The number of hydrogen-bond donors (Lipinski definition) is 4. The molecule has 6 N–H and O–H groups in total. The smallest absolute Gasteiger partial charge is 0.333 e. The van der Waals surface area contributed by atoms with Gasteiger partial charge in [-0.15, -0.1) is 0 Å². The van der Waals surface area contributed by atoms with Gasteiger partial charge in [-0.2, -0.15) is 0 Å². The maximum absolute atomic E-state index is 13.4. The van der Waals surface area contributed by atoms with Crippen molar-refractivity contribution in [1.82, 2.24) is 0 Å². The van der Waals surface area contributed by atoms with Crippen LogP contribution in [0.5, 0.6) is 0 Å². The van der Waals surface area contributed by atoms with Gasteiger partial charge in [0.15, 0.2) is 0 Å². The van der Waals surface area contributed by atoms with Crippen LogP contribution in [0.15, 0.2) is 11.6 Å². The zero-order valence-electron chi connectivity index (χ0n) is 25.9. The third kappa shape index (κ3) is 6.81. The Labute approximate surface area is 251 Å². The fourth-order valence-corrected chi connectivity index (χ4v) is 8.65. The number of esters is 1. The van der Waals surface area contributed by atoms with Crippen LogP contribution in [0.25, 0.3) is 0 Å². The van der Waals surface area contributed by atoms with Crippen LogP contribution in [0.1, 0.15) is 97.8 Å². The summed E-state index contributed by atoms with van der Waals surface area (Å²) in [5.74, 6) is -0.416. The molecule has 42 heavy (non-hydrogen) atoms. The molecule has 2 saturated carbocycles. The van der Waals surface area contributed by atoms with E-state index >= 15 is 0 Å². The number of carbonyl (C=O) groups excluding carboxylic acids is 2. The fraction of sp³-hybridized carbons (Fsp3) is 0.879. The number of aliphatic hydroxyl groups excluding tert-OH is 2. The molecule has 5 aliphatic rings. The normalized spacial score (nSPS) is 43.4. The van der Waals surface area contributed by atoms with Gasteiger partial charge in [0.1, 0.15) is 23.7 Å². The minimum atomic E-state index is -0.947. The van der Waals surface area contributed by atoms with Gasteiger partial charge >= 0.3 is 5.97 Å². The maximum Gasteiger partial charge on any atom is 0.333 e. The summed E-state index contributed by atoms with van der Waals surface area (Å²) in [5, 5.41) is 23.9. The minimum absolute atomic E-state index is 0.0386. The molecule has 9 unspecified atom stereocenters. The molecule has 0 amide bonds. The number of ketones is 1. The second-order valence-electron chi connectivity index (χ2n) is 14.3. The number of carbonyl (C=O) groups is 2. The lowest BCUT2D eigenvalue weighted by Crippen LogP contribution is -2.95. The largest absolute Gasteiger partial charge is 0.456 e. The SMILES string of the molecule is CC=C(C)C(=O)O[C@H]1CC2C(O)C3C(=O)CC(CO)OC3C(CC3CCCCC3)C2O[C@@]1(C)CCC1CCC(N)[NH2+]C1. The molecule has 9 nitrogen and oxygen atoms in total. The number of nitrogens with two attached hydrogens (primary N) is 2. The maximum atomic E-state index is 13.4. The zero-order chi connectivity index (χ0) is 30.0. The second-order valence-corrected chi connectivity index (χ2v) is 14.3. The second kappa shape index (κ2) is 13.7. The number of fused-ring (bicyclic) bond motifs is 2. The van der Waals surface area contributed by atoms with Crippen molar-refractivity contribution >= 4 is 11.8 Å². The van der Waals surface area contributed by atoms with Crippen molar-refractivity contribution in [2.75, 3.05) is 13.2 Å². The minimum Gasteiger partial charge on any atom is -0.456 e. The Bertz CT molecular complexity index is 975. The Morgan fingerprint density at radius 2 is 1.93 bits per heavy atom. The lowest BCUT2D eigenvalue weighted by atomic mass is 9.60. The van der Waals surface area contributed by atoms with Gasteiger partial charge in [0.05, 0.1) is 43.5 Å². The first-order valence-electron chi connectivity index (χ1n) is 16.7. The summed E-state index contributed by atoms with van der Waals surface area (Å²) < 4.78 is 19.8. The highest BCUT2D eigenvalue weighted by atomic mass is 16.6. The third-order valence-electron chi connectivity index (χ3n) is 11.4. The molecule has 238 valence electrons. The van der Waals surface area contributed by atoms with Gasteiger partial charge in [-0.1, -0.05) is 38.2 Å². The molecule has 0 spiro atoms. The van der Waals surface area contributed by atoms with Gasteiger partial charge in [-0.25, -0.2) is 4.79 Å². The van der Waals surface area contributed by atoms with Crippen LogP contribution in [-0.2, 0) is 23.8 Å². The van der Waals surface area contributed by atoms with Gasteiger partial charge < -0.3 is 29.7 Å². The standard InChI is InChI=1S/C33H54N2O7/c1-4-19(2)32(39)41-26-16-23-29(38)28-25(37)15-22(18-36)40-31(28)24(14-20-8-6-5-7-9-20)30(23)42-33(26,3)13-12-21-10-11-27(34)35-17-21/h4,20-24,26-31,35-36,38H,5-18,34H2,1-3H3/p+1/t21?,22?,23?,24?,26-,27?,28?,29?,30?,31?,33-/m0/s1. The van der Waals surface area contributed by atoms with E-state index in [9.17, 15) is 19.8 Å². The van der Waals surface area contributed by atoms with E-state index < -0.39 is 35.9 Å². The Morgan fingerprint density at radius 3 is 2.60 bits per heavy atom. The summed E-state index contributed by atoms with van der Waals surface area (Å²) >= 11 is 0. The fourth-order valence-electron chi connectivity index (χ4n) is 8.65. The van der Waals surface area contributed by atoms with E-state index in [0.29, 0.717) is 23.8 Å². The number of piperidine rings is 1. The number of rotatable bonds is 8. The van der Waals surface area contributed by atoms with E-state index in [0.717, 1.165) is 51.5 Å². The summed E-state index contributed by atoms with van der Waals surface area (Å²) in [6.07, 6.45) is 10.3. The lowest BCUT2D eigenvalue weighted by Gasteiger charge is -2.58. The molecule has 3 aliphatic heterocycles. The predicted molar refractivity (Wildman–Crippen MR) is 157 cm³/mol. The van der Waals surface area contributed by atoms with E-state index in [1.165, 1.54) is 19.3 Å². The van der Waals surface area contributed by atoms with Crippen molar-refractivity contribution in [3.05, 3.63) is 11.6 Å². The van der Waals surface area contributed by atoms with Crippen molar-refractivity contribution < 1.29 is 39.3 Å². The van der Waals surface area contributed by atoms with Crippen LogP contribution in [0.3, 0.4) is 0 Å². The number of ether oxygens (including phenoxy) is 3. The molecule has 0 aromatic carbocycles. The van der Waals surface area contributed by atoms with Crippen LogP contribution in [-0.4, -0.2) is 77.4 Å². The number of Topliss-reactive ketones (excluding diaryl/α,β-unsaturated/α-hetero) is 1. The first-order chi connectivity index (χ1) is 20.1. The molecule has 3 heterocycles. The highest BCUT2D eigenvalue weighted by molar-refractivity contribution is 5.87. The summed E-state index contributed by atoms with van der Waals surface area (Å²) in [7, 11) is 0. The Balaban J connectivity index is 1.44. The van der Waals surface area contributed by atoms with Crippen molar-refractivity contribution in [1.29, 1.82) is 0 Å². The molecule has 0 radical (unpaired) electrons. The van der Waals surface area contributed by atoms with Crippen LogP contribution in [0.2, 0.25) is 0 Å². The van der Waals surface area contributed by atoms with Crippen LogP contribution < -0.4 is 11.1 Å². The van der Waals surface area contributed by atoms with E-state index in [4.69, 9.17) is 19.9 Å². The van der Waals surface area contributed by atoms with Gasteiger partial charge in [0.25, 0.3) is 0 Å². The van der Waals surface area contributed by atoms with Gasteiger partial charge in [0.2, 0.25) is 0 Å². The summed E-state index contributed by atoms with van der Waals surface area (Å²) in [6, 6.07) is 0. The Kier molecular flexibility index (Phi) is 10.5. The van der Waals surface area contributed by atoms with E-state index in [2.05, 4.69) is 12.2 Å². The number of aliphatic hydroxyl groups is 2. The molecule has 0 aromatic rings. The molecule has 2 aliphatic carbocycles. The summed E-state index contributed by atoms with van der Waals surface area (Å²) in [6.45, 7) is 6.42. The molecular formula is C33H55N2O7+. The highest BCUT2D eigenvalue weighted by Gasteiger charge is 2.61. The quantitative estimate of drug-likeness (QED) is 0.249. The highest BCUT2D eigenvalue weighted by Crippen LogP contribution is 2.52. The molecule has 0 bridgehead atoms. The van der Waals surface area contributed by atoms with Crippen molar-refractivity contribution in [2.45, 2.75) is 140 Å². The van der Waals surface area contributed by atoms with Crippen LogP contribution in [0.4, 0.5) is 0 Å². The monoisotopic (exact) mass is 591 g/mol. The van der Waals surface area contributed by atoms with Crippen molar-refractivity contribution in [3.63, 3.8) is 0 Å². The lowest BCUT2D eigenvalue weighted by molar-refractivity contribution is -0.703.